The van der Waals surface area contributed by atoms with E-state index in [1.165, 1.54) is 186 Å². The van der Waals surface area contributed by atoms with E-state index >= 15 is 0 Å². The molecule has 0 saturated heterocycles. The van der Waals surface area contributed by atoms with E-state index in [4.69, 9.17) is 18.5 Å². The van der Waals surface area contributed by atoms with Gasteiger partial charge < -0.3 is 18.9 Å². The van der Waals surface area contributed by atoms with E-state index in [0.29, 0.717) is 17.4 Å². The van der Waals surface area contributed by atoms with Crippen molar-refractivity contribution < 1.29 is 42.1 Å². The molecule has 0 saturated carbocycles. The Bertz CT molecular complexity index is 2140. The lowest BCUT2D eigenvalue weighted by Gasteiger charge is -2.24. The van der Waals surface area contributed by atoms with E-state index in [9.17, 15) is 19.0 Å². The number of ether oxygens (including phenoxy) is 2. The van der Waals surface area contributed by atoms with Crippen molar-refractivity contribution in [1.82, 2.24) is 0 Å². The van der Waals surface area contributed by atoms with Crippen molar-refractivity contribution in [2.24, 2.45) is 0 Å². The lowest BCUT2D eigenvalue weighted by Crippen LogP contribution is -2.37. The molecule has 96 heavy (non-hydrogen) atoms. The number of phosphoric ester groups is 1. The van der Waals surface area contributed by atoms with Gasteiger partial charge in [0, 0.05) is 12.8 Å². The van der Waals surface area contributed by atoms with Crippen LogP contribution in [-0.4, -0.2) is 74.9 Å². The van der Waals surface area contributed by atoms with E-state index in [1.807, 2.05) is 21.1 Å². The molecule has 0 bridgehead atoms. The summed E-state index contributed by atoms with van der Waals surface area (Å²) in [5.41, 5.74) is 0. The number of quaternary nitrogens is 1. The van der Waals surface area contributed by atoms with Crippen LogP contribution in [-0.2, 0) is 32.7 Å². The summed E-state index contributed by atoms with van der Waals surface area (Å²) in [6.07, 6.45) is 111. The van der Waals surface area contributed by atoms with Crippen molar-refractivity contribution >= 4 is 19.8 Å². The van der Waals surface area contributed by atoms with Gasteiger partial charge in [0.15, 0.2) is 6.10 Å². The largest absolute Gasteiger partial charge is 0.472 e. The maximum absolute atomic E-state index is 12.9. The number of hydrogen-bond donors (Lipinski definition) is 1. The Morgan fingerprint density at radius 1 is 0.323 bits per heavy atom. The van der Waals surface area contributed by atoms with Gasteiger partial charge >= 0.3 is 19.8 Å². The molecule has 0 aromatic carbocycles. The van der Waals surface area contributed by atoms with Crippen molar-refractivity contribution in [2.45, 2.75) is 341 Å². The first kappa shape index (κ1) is 91.9. The standard InChI is InChI=1S/C86H148NO8P/c1-6-8-10-12-14-16-18-20-22-24-26-28-30-32-34-36-38-40-41-42-43-44-45-47-49-51-53-55-57-59-61-63-65-67-69-71-73-75-77-79-86(89)95-84(83-94-96(90,91)93-81-80-87(3,4)5)82-92-85(88)78-76-74-72-70-68-66-64-62-60-58-56-54-52-50-48-46-39-37-35-33-31-29-27-25-23-21-19-17-15-13-11-9-7-2/h8-11,14-17,20-23,26-29,32,34,38,40,42-43,45,47,84H,6-7,12-13,18-19,24-25,30-31,33,35-37,39,41,44,46,48-83H2,1-5H3/p+1/b10-8-,11-9-,16-14-,17-15-,22-20-,23-21-,28-26-,29-27-,34-32-,40-38-,43-42-,47-45-. The predicted molar refractivity (Wildman–Crippen MR) is 417 cm³/mol. The summed E-state index contributed by atoms with van der Waals surface area (Å²) >= 11 is 0. The van der Waals surface area contributed by atoms with Crippen LogP contribution >= 0.6 is 7.82 Å². The van der Waals surface area contributed by atoms with Gasteiger partial charge in [-0.15, -0.1) is 0 Å². The molecule has 0 aliphatic carbocycles. The monoisotopic (exact) mass is 1360 g/mol. The topological polar surface area (TPSA) is 108 Å². The summed E-state index contributed by atoms with van der Waals surface area (Å²) in [6.45, 7) is 4.24. The number of allylic oxidation sites excluding steroid dienone is 24. The summed E-state index contributed by atoms with van der Waals surface area (Å²) in [5, 5.41) is 0. The highest BCUT2D eigenvalue weighted by Crippen LogP contribution is 2.43. The van der Waals surface area contributed by atoms with E-state index < -0.39 is 26.5 Å². The molecule has 0 fully saturated rings. The Hall–Kier alpha value is -4.11. The first-order valence-electron chi connectivity index (χ1n) is 39.6. The van der Waals surface area contributed by atoms with Crippen LogP contribution in [0.5, 0.6) is 0 Å². The Balaban J connectivity index is 3.99. The quantitative estimate of drug-likeness (QED) is 0.0211. The molecule has 2 atom stereocenters. The number of nitrogens with zero attached hydrogens (tertiary/aromatic N) is 1. The Kier molecular flexibility index (Phi) is 71.9. The highest BCUT2D eigenvalue weighted by Gasteiger charge is 2.27. The average Bonchev–Trinajstić information content (AvgIpc) is 1.98. The summed E-state index contributed by atoms with van der Waals surface area (Å²) in [5.74, 6) is -0.790. The fraction of sp³-hybridized carbons (Fsp3) is 0.698. The van der Waals surface area contributed by atoms with E-state index in [-0.39, 0.29) is 32.0 Å². The summed E-state index contributed by atoms with van der Waals surface area (Å²) in [6, 6.07) is 0. The molecule has 0 rings (SSSR count). The van der Waals surface area contributed by atoms with Crippen molar-refractivity contribution in [3.8, 4) is 0 Å². The number of carbonyl (C=O) groups is 2. The third kappa shape index (κ3) is 78.9. The minimum Gasteiger partial charge on any atom is -0.462 e. The SMILES string of the molecule is CC/C=C\C/C=C\C/C=C\C/C=C\C/C=C\C/C=C\C/C=C\C/C=C\CCCCCCCCCCCCCCCCC(=O)OC(COC(=O)CCCCCCCCCCCCCCCCCCCCCC/C=C\C/C=C\C/C=C\C/C=C\CC)COP(=O)(O)OCC[N+](C)(C)C. The van der Waals surface area contributed by atoms with Crippen LogP contribution in [0.2, 0.25) is 0 Å². The van der Waals surface area contributed by atoms with Crippen LogP contribution in [0.4, 0.5) is 0 Å². The molecule has 0 aliphatic heterocycles. The Morgan fingerprint density at radius 2 is 0.562 bits per heavy atom. The van der Waals surface area contributed by atoms with E-state index in [0.717, 1.165) is 116 Å². The number of rotatable bonds is 72. The third-order valence-electron chi connectivity index (χ3n) is 16.9. The second kappa shape index (κ2) is 75.1. The van der Waals surface area contributed by atoms with Gasteiger partial charge in [-0.3, -0.25) is 18.6 Å². The molecule has 9 nitrogen and oxygen atoms in total. The van der Waals surface area contributed by atoms with E-state index in [2.05, 4.69) is 160 Å². The van der Waals surface area contributed by atoms with Gasteiger partial charge in [0.1, 0.15) is 19.8 Å². The molecule has 10 heteroatoms. The smallest absolute Gasteiger partial charge is 0.462 e. The number of unbranched alkanes of at least 4 members (excludes halogenated alkanes) is 34. The predicted octanol–water partition coefficient (Wildman–Crippen LogP) is 26.5. The molecule has 0 spiro atoms. The van der Waals surface area contributed by atoms with Gasteiger partial charge in [0.05, 0.1) is 27.7 Å². The number of phosphoric acid groups is 1. The molecule has 0 amide bonds. The van der Waals surface area contributed by atoms with Gasteiger partial charge in [-0.1, -0.05) is 352 Å². The fourth-order valence-corrected chi connectivity index (χ4v) is 11.7. The Morgan fingerprint density at radius 3 is 0.833 bits per heavy atom. The van der Waals surface area contributed by atoms with Gasteiger partial charge in [0.25, 0.3) is 0 Å². The van der Waals surface area contributed by atoms with Gasteiger partial charge in [0.2, 0.25) is 0 Å². The van der Waals surface area contributed by atoms with Gasteiger partial charge in [-0.05, 0) is 116 Å². The zero-order valence-corrected chi connectivity index (χ0v) is 63.7. The van der Waals surface area contributed by atoms with Crippen LogP contribution in [0.1, 0.15) is 335 Å². The zero-order valence-electron chi connectivity index (χ0n) is 62.8. The summed E-state index contributed by atoms with van der Waals surface area (Å²) in [4.78, 5) is 36.0. The van der Waals surface area contributed by atoms with Gasteiger partial charge in [-0.25, -0.2) is 4.57 Å². The molecule has 0 heterocycles. The molecule has 0 radical (unpaired) electrons. The van der Waals surface area contributed by atoms with Crippen molar-refractivity contribution in [3.05, 3.63) is 146 Å². The molecule has 0 aromatic heterocycles. The number of hydrogen-bond acceptors (Lipinski definition) is 7. The van der Waals surface area contributed by atoms with Crippen LogP contribution < -0.4 is 0 Å². The van der Waals surface area contributed by atoms with E-state index in [1.54, 1.807) is 0 Å². The molecular formula is C86H149NO8P+. The fourth-order valence-electron chi connectivity index (χ4n) is 10.9. The van der Waals surface area contributed by atoms with Gasteiger partial charge in [-0.2, -0.15) is 0 Å². The molecule has 0 aliphatic rings. The highest BCUT2D eigenvalue weighted by molar-refractivity contribution is 7.47. The lowest BCUT2D eigenvalue weighted by atomic mass is 10.0. The van der Waals surface area contributed by atoms with Crippen LogP contribution in [0.15, 0.2) is 146 Å². The van der Waals surface area contributed by atoms with Crippen LogP contribution in [0.3, 0.4) is 0 Å². The average molecular weight is 1360 g/mol. The summed E-state index contributed by atoms with van der Waals surface area (Å²) in [7, 11) is 1.48. The summed E-state index contributed by atoms with van der Waals surface area (Å²) < 4.78 is 34.8. The lowest BCUT2D eigenvalue weighted by molar-refractivity contribution is -0.870. The Labute approximate surface area is 593 Å². The van der Waals surface area contributed by atoms with Crippen LogP contribution in [0, 0.1) is 0 Å². The van der Waals surface area contributed by atoms with Crippen molar-refractivity contribution in [1.29, 1.82) is 0 Å². The molecule has 0 aromatic rings. The molecular weight excluding hydrogens is 1210 g/mol. The van der Waals surface area contributed by atoms with Crippen molar-refractivity contribution in [2.75, 3.05) is 47.5 Å². The normalized spacial score (nSPS) is 13.9. The number of esters is 2. The minimum atomic E-state index is -4.40. The first-order valence-corrected chi connectivity index (χ1v) is 41.1. The maximum atomic E-state index is 12.9. The minimum absolute atomic E-state index is 0.0280. The number of carbonyl (C=O) groups excluding carboxylic acids is 2. The maximum Gasteiger partial charge on any atom is 0.472 e. The molecule has 550 valence electrons. The third-order valence-corrected chi connectivity index (χ3v) is 17.8. The number of likely N-dealkylation sites (N-methyl/N-ethyl adjacent to an activating group) is 1. The second-order valence-corrected chi connectivity index (χ2v) is 28.8. The molecule has 1 N–H and O–H groups in total. The second-order valence-electron chi connectivity index (χ2n) is 27.3. The molecule has 2 unspecified atom stereocenters. The van der Waals surface area contributed by atoms with Crippen molar-refractivity contribution in [3.63, 3.8) is 0 Å². The van der Waals surface area contributed by atoms with Crippen LogP contribution in [0.25, 0.3) is 0 Å². The zero-order chi connectivity index (χ0) is 69.7. The highest BCUT2D eigenvalue weighted by atomic mass is 31.2. The first-order chi connectivity index (χ1) is 47.0.